The zero-order valence-corrected chi connectivity index (χ0v) is 16.9. The van der Waals surface area contributed by atoms with Gasteiger partial charge in [-0.2, -0.15) is 17.6 Å². The average Bonchev–Trinajstić information content (AvgIpc) is 2.91. The van der Waals surface area contributed by atoms with Gasteiger partial charge in [-0.05, 0) is 93.7 Å². The summed E-state index contributed by atoms with van der Waals surface area (Å²) in [5, 5.41) is 4.33. The first-order valence-electron chi connectivity index (χ1n) is 9.97. The molecule has 0 aliphatic heterocycles. The quantitative estimate of drug-likeness (QED) is 0.755. The largest absolute Gasteiger partial charge is 0.286 e. The van der Waals surface area contributed by atoms with Gasteiger partial charge < -0.3 is 0 Å². The molecule has 0 amide bonds. The van der Waals surface area contributed by atoms with Crippen LogP contribution in [0.4, 0.5) is 8.78 Å². The highest BCUT2D eigenvalue weighted by molar-refractivity contribution is 7.89. The van der Waals surface area contributed by atoms with Crippen molar-refractivity contribution in [3.05, 3.63) is 46.8 Å². The first kappa shape index (κ1) is 18.3. The summed E-state index contributed by atoms with van der Waals surface area (Å²) >= 11 is 0. The van der Waals surface area contributed by atoms with Crippen LogP contribution in [0.25, 0.3) is 0 Å². The third-order valence-corrected chi connectivity index (χ3v) is 8.90. The van der Waals surface area contributed by atoms with E-state index in [4.69, 9.17) is 0 Å². The van der Waals surface area contributed by atoms with Crippen molar-refractivity contribution in [2.24, 2.45) is 17.8 Å². The molecule has 4 aliphatic rings. The van der Waals surface area contributed by atoms with E-state index in [0.717, 1.165) is 47.1 Å². The van der Waals surface area contributed by atoms with Gasteiger partial charge >= 0.3 is 0 Å². The number of aryl methyl sites for hydroxylation is 1. The molecule has 4 aliphatic carbocycles. The summed E-state index contributed by atoms with van der Waals surface area (Å²) in [6.45, 7) is 3.59. The van der Waals surface area contributed by atoms with E-state index in [1.807, 2.05) is 6.92 Å². The van der Waals surface area contributed by atoms with Gasteiger partial charge in [0.1, 0.15) is 16.5 Å². The van der Waals surface area contributed by atoms with E-state index < -0.39 is 26.6 Å². The number of aromatic nitrogens is 2. The third-order valence-electron chi connectivity index (χ3n) is 7.22. The van der Waals surface area contributed by atoms with Crippen LogP contribution in [0.15, 0.2) is 23.1 Å². The van der Waals surface area contributed by atoms with Crippen molar-refractivity contribution in [1.82, 2.24) is 9.19 Å². The molecule has 0 spiro atoms. The molecule has 1 aromatic heterocycles. The minimum Gasteiger partial charge on any atom is -0.207 e. The maximum atomic E-state index is 14.2. The summed E-state index contributed by atoms with van der Waals surface area (Å²) in [5.74, 6) is 0.384. The second-order valence-corrected chi connectivity index (χ2v) is 10.9. The molecule has 0 radical (unpaired) electrons. The Balaban J connectivity index is 1.64. The molecule has 1 heterocycles. The van der Waals surface area contributed by atoms with E-state index in [-0.39, 0.29) is 5.41 Å². The van der Waals surface area contributed by atoms with Gasteiger partial charge in [-0.15, -0.1) is 0 Å². The zero-order valence-electron chi connectivity index (χ0n) is 16.1. The van der Waals surface area contributed by atoms with E-state index in [2.05, 4.69) is 5.10 Å². The lowest BCUT2D eigenvalue weighted by Gasteiger charge is -2.57. The summed E-state index contributed by atoms with van der Waals surface area (Å²) in [4.78, 5) is -0.671. The van der Waals surface area contributed by atoms with Gasteiger partial charge in [0.05, 0.1) is 11.4 Å². The van der Waals surface area contributed by atoms with Crippen molar-refractivity contribution in [2.45, 2.75) is 62.7 Å². The molecule has 4 fully saturated rings. The fourth-order valence-corrected chi connectivity index (χ4v) is 8.25. The fraction of sp³-hybridized carbons (Fsp3) is 0.571. The van der Waals surface area contributed by atoms with Crippen molar-refractivity contribution in [2.75, 3.05) is 0 Å². The lowest BCUT2D eigenvalue weighted by atomic mass is 9.48. The lowest BCUT2D eigenvalue weighted by molar-refractivity contribution is -0.00574. The number of hydrogen-bond acceptors (Lipinski definition) is 3. The van der Waals surface area contributed by atoms with E-state index in [9.17, 15) is 17.2 Å². The highest BCUT2D eigenvalue weighted by atomic mass is 32.2. The Morgan fingerprint density at radius 1 is 1.04 bits per heavy atom. The molecule has 28 heavy (non-hydrogen) atoms. The summed E-state index contributed by atoms with van der Waals surface area (Å²) in [6, 6.07) is 2.48. The topological polar surface area (TPSA) is 52.0 Å². The number of hydrogen-bond donors (Lipinski definition) is 0. The number of rotatable bonds is 3. The minimum absolute atomic E-state index is 0.0167. The first-order chi connectivity index (χ1) is 13.2. The fourth-order valence-electron chi connectivity index (χ4n) is 6.81. The van der Waals surface area contributed by atoms with Crippen LogP contribution < -0.4 is 0 Å². The van der Waals surface area contributed by atoms with Gasteiger partial charge in [0.2, 0.25) is 0 Å². The molecule has 4 nitrogen and oxygen atoms in total. The minimum atomic E-state index is -4.31. The van der Waals surface area contributed by atoms with Crippen LogP contribution in [0.5, 0.6) is 0 Å². The maximum absolute atomic E-state index is 14.2. The standard InChI is InChI=1S/C21H24F2N2O2S/c1-12-20(21-9-14-5-15(10-21)7-16(6-14)11-21)13(2)25(24-12)28(26,27)19-8-17(22)3-4-18(19)23/h3-4,8,14-16H,5-7,9-11H2,1-2H3. The van der Waals surface area contributed by atoms with Crippen LogP contribution in [0, 0.1) is 43.2 Å². The van der Waals surface area contributed by atoms with Crippen LogP contribution in [0.2, 0.25) is 0 Å². The highest BCUT2D eigenvalue weighted by Crippen LogP contribution is 2.61. The van der Waals surface area contributed by atoms with Gasteiger partial charge in [0.15, 0.2) is 0 Å². The van der Waals surface area contributed by atoms with E-state index in [1.165, 1.54) is 19.3 Å². The van der Waals surface area contributed by atoms with Gasteiger partial charge in [-0.3, -0.25) is 0 Å². The molecular formula is C21H24F2N2O2S. The molecule has 0 saturated heterocycles. The van der Waals surface area contributed by atoms with Crippen LogP contribution in [-0.4, -0.2) is 17.6 Å². The Morgan fingerprint density at radius 3 is 2.18 bits per heavy atom. The van der Waals surface area contributed by atoms with Crippen LogP contribution >= 0.6 is 0 Å². The Hall–Kier alpha value is -1.76. The molecule has 0 atom stereocenters. The van der Waals surface area contributed by atoms with E-state index in [1.54, 1.807) is 6.92 Å². The predicted molar refractivity (Wildman–Crippen MR) is 100 cm³/mol. The second kappa shape index (κ2) is 5.88. The zero-order chi connectivity index (χ0) is 19.8. The molecule has 2 aromatic rings. The lowest BCUT2D eigenvalue weighted by Crippen LogP contribution is -2.49. The van der Waals surface area contributed by atoms with Crippen molar-refractivity contribution in [3.8, 4) is 0 Å². The predicted octanol–water partition coefficient (Wildman–Crippen LogP) is 4.48. The Labute approximate surface area is 164 Å². The van der Waals surface area contributed by atoms with Gasteiger partial charge in [0, 0.05) is 5.56 Å². The average molecular weight is 406 g/mol. The molecule has 4 saturated carbocycles. The van der Waals surface area contributed by atoms with Crippen molar-refractivity contribution < 1.29 is 17.2 Å². The Morgan fingerprint density at radius 2 is 1.61 bits per heavy atom. The molecule has 7 heteroatoms. The summed E-state index contributed by atoms with van der Waals surface area (Å²) < 4.78 is 55.0. The smallest absolute Gasteiger partial charge is 0.207 e. The summed E-state index contributed by atoms with van der Waals surface area (Å²) in [7, 11) is -4.31. The molecule has 1 aromatic carbocycles. The van der Waals surface area contributed by atoms with Gasteiger partial charge in [-0.25, -0.2) is 8.78 Å². The normalized spacial score (nSPS) is 31.5. The monoisotopic (exact) mass is 406 g/mol. The van der Waals surface area contributed by atoms with E-state index >= 15 is 0 Å². The van der Waals surface area contributed by atoms with Crippen LogP contribution in [-0.2, 0) is 15.4 Å². The molecule has 6 rings (SSSR count). The molecule has 4 bridgehead atoms. The SMILES string of the molecule is Cc1nn(S(=O)(=O)c2cc(F)ccc2F)c(C)c1C12CC3CC(CC(C3)C1)C2. The van der Waals surface area contributed by atoms with Crippen LogP contribution in [0.1, 0.15) is 55.5 Å². The number of nitrogens with zero attached hydrogens (tertiary/aromatic N) is 2. The molecule has 0 N–H and O–H groups in total. The molecule has 150 valence electrons. The summed E-state index contributed by atoms with van der Waals surface area (Å²) in [5.41, 5.74) is 2.24. The molecular weight excluding hydrogens is 382 g/mol. The number of halogens is 2. The third kappa shape index (κ3) is 2.51. The van der Waals surface area contributed by atoms with Crippen molar-refractivity contribution in [3.63, 3.8) is 0 Å². The maximum Gasteiger partial charge on any atom is 0.286 e. The first-order valence-corrected chi connectivity index (χ1v) is 11.4. The molecule has 0 unspecified atom stereocenters. The van der Waals surface area contributed by atoms with Gasteiger partial charge in [-0.1, -0.05) is 0 Å². The second-order valence-electron chi connectivity index (χ2n) is 9.17. The van der Waals surface area contributed by atoms with Crippen LogP contribution in [0.3, 0.4) is 0 Å². The number of benzene rings is 1. The van der Waals surface area contributed by atoms with Gasteiger partial charge in [0.25, 0.3) is 10.0 Å². The Kier molecular flexibility index (Phi) is 3.84. The van der Waals surface area contributed by atoms with E-state index in [0.29, 0.717) is 29.1 Å². The van der Waals surface area contributed by atoms with Crippen molar-refractivity contribution >= 4 is 10.0 Å². The Bertz CT molecular complexity index is 1040. The van der Waals surface area contributed by atoms with Crippen molar-refractivity contribution in [1.29, 1.82) is 0 Å². The summed E-state index contributed by atoms with van der Waals surface area (Å²) in [6.07, 6.45) is 7.12. The highest BCUT2D eigenvalue weighted by Gasteiger charge is 2.53.